The van der Waals surface area contributed by atoms with E-state index in [1.165, 1.54) is 0 Å². The molecule has 102 valence electrons. The Hall–Kier alpha value is -1.94. The molecule has 1 heterocycles. The third-order valence-corrected chi connectivity index (χ3v) is 4.46. The first-order valence-corrected chi connectivity index (χ1v) is 7.55. The molecule has 0 bridgehead atoms. The van der Waals surface area contributed by atoms with Gasteiger partial charge in [-0.2, -0.15) is 0 Å². The van der Waals surface area contributed by atoms with Gasteiger partial charge in [-0.05, 0) is 31.2 Å². The molecular weight excluding hydrogens is 268 g/mol. The molecule has 20 heavy (non-hydrogen) atoms. The van der Waals surface area contributed by atoms with Crippen molar-refractivity contribution < 1.29 is 4.79 Å². The second-order valence-electron chi connectivity index (χ2n) is 4.86. The largest absolute Gasteiger partial charge is 0.398 e. The Morgan fingerprint density at radius 2 is 2.05 bits per heavy atom. The summed E-state index contributed by atoms with van der Waals surface area (Å²) >= 11 is 1.79. The average molecular weight is 284 g/mol. The summed E-state index contributed by atoms with van der Waals surface area (Å²) in [5.41, 5.74) is 9.12. The Balaban J connectivity index is 2.02. The third kappa shape index (κ3) is 2.27. The van der Waals surface area contributed by atoms with Gasteiger partial charge in [0.1, 0.15) is 0 Å². The minimum atomic E-state index is -0.0149. The van der Waals surface area contributed by atoms with Crippen LogP contribution >= 0.6 is 11.8 Å². The van der Waals surface area contributed by atoms with Gasteiger partial charge >= 0.3 is 0 Å². The Morgan fingerprint density at radius 3 is 2.90 bits per heavy atom. The highest BCUT2D eigenvalue weighted by atomic mass is 32.2. The molecule has 2 aromatic rings. The van der Waals surface area contributed by atoms with E-state index in [9.17, 15) is 4.79 Å². The fourth-order valence-electron chi connectivity index (χ4n) is 2.38. The summed E-state index contributed by atoms with van der Waals surface area (Å²) in [6, 6.07) is 13.6. The molecular formula is C16H16N2OS. The van der Waals surface area contributed by atoms with Crippen LogP contribution in [0.1, 0.15) is 15.9 Å². The van der Waals surface area contributed by atoms with E-state index in [2.05, 4.69) is 6.07 Å². The van der Waals surface area contributed by atoms with Crippen LogP contribution in [0.2, 0.25) is 0 Å². The topological polar surface area (TPSA) is 46.3 Å². The van der Waals surface area contributed by atoms with Crippen molar-refractivity contribution in [2.45, 2.75) is 11.8 Å². The SMILES string of the molecule is Cc1ccc(N)c(C(=O)N2CCSc3ccccc32)c1. The number of fused-ring (bicyclic) bond motifs is 1. The van der Waals surface area contributed by atoms with Crippen molar-refractivity contribution in [3.8, 4) is 0 Å². The molecule has 0 atom stereocenters. The maximum absolute atomic E-state index is 12.8. The van der Waals surface area contributed by atoms with Crippen LogP contribution in [0.15, 0.2) is 47.4 Å². The van der Waals surface area contributed by atoms with Gasteiger partial charge in [-0.15, -0.1) is 11.8 Å². The zero-order chi connectivity index (χ0) is 14.1. The Labute approximate surface area is 122 Å². The molecule has 0 fully saturated rings. The lowest BCUT2D eigenvalue weighted by molar-refractivity contribution is 0.0988. The highest BCUT2D eigenvalue weighted by Gasteiger charge is 2.24. The summed E-state index contributed by atoms with van der Waals surface area (Å²) in [7, 11) is 0. The molecule has 4 heteroatoms. The van der Waals surface area contributed by atoms with Gasteiger partial charge in [-0.1, -0.05) is 23.8 Å². The summed E-state index contributed by atoms with van der Waals surface area (Å²) in [6.45, 7) is 2.68. The smallest absolute Gasteiger partial charge is 0.260 e. The maximum atomic E-state index is 12.8. The first kappa shape index (κ1) is 13.1. The molecule has 1 amide bonds. The maximum Gasteiger partial charge on any atom is 0.260 e. The van der Waals surface area contributed by atoms with Crippen LogP contribution < -0.4 is 10.6 Å². The number of anilines is 2. The van der Waals surface area contributed by atoms with E-state index in [0.717, 1.165) is 21.9 Å². The molecule has 0 saturated carbocycles. The third-order valence-electron chi connectivity index (χ3n) is 3.41. The minimum Gasteiger partial charge on any atom is -0.398 e. The van der Waals surface area contributed by atoms with Crippen LogP contribution in [0, 0.1) is 6.92 Å². The van der Waals surface area contributed by atoms with Crippen LogP contribution in [0.25, 0.3) is 0 Å². The summed E-state index contributed by atoms with van der Waals surface area (Å²) in [5, 5.41) is 0. The number of para-hydroxylation sites is 1. The van der Waals surface area contributed by atoms with Gasteiger partial charge in [0.25, 0.3) is 5.91 Å². The standard InChI is InChI=1S/C16H16N2OS/c1-11-6-7-13(17)12(10-11)16(19)18-8-9-20-15-5-3-2-4-14(15)18/h2-7,10H,8-9,17H2,1H3. The quantitative estimate of drug-likeness (QED) is 0.817. The number of benzene rings is 2. The molecule has 0 aromatic heterocycles. The van der Waals surface area contributed by atoms with E-state index < -0.39 is 0 Å². The Kier molecular flexibility index (Phi) is 3.40. The lowest BCUT2D eigenvalue weighted by Crippen LogP contribution is -2.35. The number of nitrogens with two attached hydrogens (primary N) is 1. The Bertz CT molecular complexity index is 669. The predicted molar refractivity (Wildman–Crippen MR) is 84.4 cm³/mol. The van der Waals surface area contributed by atoms with Gasteiger partial charge in [0.15, 0.2) is 0 Å². The van der Waals surface area contributed by atoms with Crippen LogP contribution in [0.3, 0.4) is 0 Å². The fraction of sp³-hybridized carbons (Fsp3) is 0.188. The highest BCUT2D eigenvalue weighted by molar-refractivity contribution is 7.99. The number of carbonyl (C=O) groups excluding carboxylic acids is 1. The summed E-state index contributed by atoms with van der Waals surface area (Å²) < 4.78 is 0. The number of nitrogen functional groups attached to an aromatic ring is 1. The molecule has 0 aliphatic carbocycles. The number of aryl methyl sites for hydroxylation is 1. The number of thioether (sulfide) groups is 1. The van der Waals surface area contributed by atoms with Crippen molar-refractivity contribution in [2.75, 3.05) is 22.9 Å². The second kappa shape index (κ2) is 5.21. The van der Waals surface area contributed by atoms with Crippen LogP contribution in [0.4, 0.5) is 11.4 Å². The first-order chi connectivity index (χ1) is 9.66. The van der Waals surface area contributed by atoms with Crippen LogP contribution in [-0.2, 0) is 0 Å². The van der Waals surface area contributed by atoms with E-state index in [4.69, 9.17) is 5.73 Å². The first-order valence-electron chi connectivity index (χ1n) is 6.56. The Morgan fingerprint density at radius 1 is 1.25 bits per heavy atom. The molecule has 3 rings (SSSR count). The van der Waals surface area contributed by atoms with Crippen LogP contribution in [0.5, 0.6) is 0 Å². The van der Waals surface area contributed by atoms with Gasteiger partial charge in [0, 0.05) is 22.9 Å². The van der Waals surface area contributed by atoms with Crippen LogP contribution in [-0.4, -0.2) is 18.2 Å². The van der Waals surface area contributed by atoms with E-state index in [-0.39, 0.29) is 5.91 Å². The molecule has 1 aliphatic heterocycles. The molecule has 0 spiro atoms. The predicted octanol–water partition coefficient (Wildman–Crippen LogP) is 3.33. The zero-order valence-corrected chi connectivity index (χ0v) is 12.1. The molecule has 3 nitrogen and oxygen atoms in total. The van der Waals surface area contributed by atoms with Gasteiger partial charge < -0.3 is 10.6 Å². The summed E-state index contributed by atoms with van der Waals surface area (Å²) in [6.07, 6.45) is 0. The molecule has 0 radical (unpaired) electrons. The van der Waals surface area contributed by atoms with E-state index in [1.54, 1.807) is 17.8 Å². The summed E-state index contributed by atoms with van der Waals surface area (Å²) in [5.74, 6) is 0.896. The number of hydrogen-bond donors (Lipinski definition) is 1. The molecule has 0 unspecified atom stereocenters. The van der Waals surface area contributed by atoms with Gasteiger partial charge in [-0.25, -0.2) is 0 Å². The molecule has 0 saturated heterocycles. The lowest BCUT2D eigenvalue weighted by Gasteiger charge is -2.29. The number of rotatable bonds is 1. The number of hydrogen-bond acceptors (Lipinski definition) is 3. The van der Waals surface area contributed by atoms with Crippen molar-refractivity contribution in [1.82, 2.24) is 0 Å². The second-order valence-corrected chi connectivity index (χ2v) is 6.00. The van der Waals surface area contributed by atoms with Gasteiger partial charge in [0.2, 0.25) is 0 Å². The normalized spacial score (nSPS) is 13.9. The number of amides is 1. The minimum absolute atomic E-state index is 0.0149. The number of nitrogens with zero attached hydrogens (tertiary/aromatic N) is 1. The van der Waals surface area contributed by atoms with Crippen molar-refractivity contribution in [2.24, 2.45) is 0 Å². The van der Waals surface area contributed by atoms with Crippen molar-refractivity contribution in [3.63, 3.8) is 0 Å². The highest BCUT2D eigenvalue weighted by Crippen LogP contribution is 2.35. The average Bonchev–Trinajstić information content (AvgIpc) is 2.48. The van der Waals surface area contributed by atoms with Gasteiger partial charge in [0.05, 0.1) is 11.3 Å². The monoisotopic (exact) mass is 284 g/mol. The van der Waals surface area contributed by atoms with E-state index in [1.807, 2.05) is 42.2 Å². The van der Waals surface area contributed by atoms with Crippen molar-refractivity contribution in [1.29, 1.82) is 0 Å². The van der Waals surface area contributed by atoms with Gasteiger partial charge in [-0.3, -0.25) is 4.79 Å². The molecule has 2 N–H and O–H groups in total. The van der Waals surface area contributed by atoms with Crippen molar-refractivity contribution >= 4 is 29.0 Å². The summed E-state index contributed by atoms with van der Waals surface area (Å²) in [4.78, 5) is 15.8. The van der Waals surface area contributed by atoms with Crippen molar-refractivity contribution in [3.05, 3.63) is 53.6 Å². The molecule has 1 aliphatic rings. The van der Waals surface area contributed by atoms with E-state index >= 15 is 0 Å². The fourth-order valence-corrected chi connectivity index (χ4v) is 3.38. The number of carbonyl (C=O) groups is 1. The lowest BCUT2D eigenvalue weighted by atomic mass is 10.1. The van der Waals surface area contributed by atoms with E-state index in [0.29, 0.717) is 17.8 Å². The molecule has 2 aromatic carbocycles. The zero-order valence-electron chi connectivity index (χ0n) is 11.3.